The number of para-hydroxylation sites is 1. The minimum Gasteiger partial charge on any atom is -0.454 e. The summed E-state index contributed by atoms with van der Waals surface area (Å²) < 4.78 is 7.02. The van der Waals surface area contributed by atoms with Gasteiger partial charge in [-0.25, -0.2) is 4.98 Å². The van der Waals surface area contributed by atoms with Crippen LogP contribution in [0.15, 0.2) is 46.4 Å². The number of benzene rings is 1. The van der Waals surface area contributed by atoms with Crippen LogP contribution in [-0.2, 0) is 0 Å². The Balaban J connectivity index is 1.95. The van der Waals surface area contributed by atoms with Gasteiger partial charge in [-0.1, -0.05) is 24.6 Å². The monoisotopic (exact) mass is 284 g/mol. The summed E-state index contributed by atoms with van der Waals surface area (Å²) in [6.45, 7) is 2.66. The Hall–Kier alpha value is -1.91. The Morgan fingerprint density at radius 1 is 1.30 bits per heavy atom. The molecule has 0 unspecified atom stereocenters. The van der Waals surface area contributed by atoms with Crippen molar-refractivity contribution in [3.05, 3.63) is 47.7 Å². The maximum Gasteiger partial charge on any atom is 0.163 e. The zero-order valence-electron chi connectivity index (χ0n) is 11.3. The second-order valence-electron chi connectivity index (χ2n) is 4.55. The number of thiazole rings is 1. The van der Waals surface area contributed by atoms with E-state index in [2.05, 4.69) is 18.0 Å². The molecule has 2 N–H and O–H groups in total. The molecule has 0 saturated carbocycles. The van der Waals surface area contributed by atoms with Crippen molar-refractivity contribution < 1.29 is 4.42 Å². The standard InChI is InChI=1S/C16H16N2OS/c1-2-11(10-17)9-12-7-8-14(19-12)16-18-13-5-3-4-6-15(13)20-16/h3-9H,2,10,17H2,1H3. The van der Waals surface area contributed by atoms with Crippen molar-refractivity contribution in [1.82, 2.24) is 4.98 Å². The predicted molar refractivity (Wildman–Crippen MR) is 84.6 cm³/mol. The van der Waals surface area contributed by atoms with Crippen LogP contribution in [0.5, 0.6) is 0 Å². The smallest absolute Gasteiger partial charge is 0.163 e. The molecule has 0 aliphatic rings. The van der Waals surface area contributed by atoms with Gasteiger partial charge in [0.1, 0.15) is 5.76 Å². The first-order valence-corrected chi connectivity index (χ1v) is 7.47. The summed E-state index contributed by atoms with van der Waals surface area (Å²) in [5.74, 6) is 1.64. The molecule has 0 bridgehead atoms. The maximum atomic E-state index is 5.85. The van der Waals surface area contributed by atoms with Crippen LogP contribution in [0.1, 0.15) is 19.1 Å². The van der Waals surface area contributed by atoms with Gasteiger partial charge in [-0.05, 0) is 36.8 Å². The number of nitrogens with two attached hydrogens (primary N) is 1. The molecular formula is C16H16N2OS. The van der Waals surface area contributed by atoms with Crippen molar-refractivity contribution in [1.29, 1.82) is 0 Å². The molecule has 0 spiro atoms. The summed E-state index contributed by atoms with van der Waals surface area (Å²) in [6.07, 6.45) is 2.95. The molecule has 0 fully saturated rings. The fraction of sp³-hybridized carbons (Fsp3) is 0.188. The van der Waals surface area contributed by atoms with Crippen molar-refractivity contribution in [2.24, 2.45) is 5.73 Å². The van der Waals surface area contributed by atoms with Crippen molar-refractivity contribution in [2.45, 2.75) is 13.3 Å². The first kappa shape index (κ1) is 13.1. The van der Waals surface area contributed by atoms with Gasteiger partial charge in [-0.15, -0.1) is 11.3 Å². The fourth-order valence-corrected chi connectivity index (χ4v) is 2.96. The van der Waals surface area contributed by atoms with E-state index >= 15 is 0 Å². The van der Waals surface area contributed by atoms with Crippen LogP contribution in [0.2, 0.25) is 0 Å². The Labute approximate surface area is 121 Å². The van der Waals surface area contributed by atoms with Gasteiger partial charge in [0.15, 0.2) is 10.8 Å². The molecule has 0 aliphatic carbocycles. The molecule has 3 rings (SSSR count). The SMILES string of the molecule is CCC(=Cc1ccc(-c2nc3ccccc3s2)o1)CN. The molecule has 2 aromatic heterocycles. The highest BCUT2D eigenvalue weighted by atomic mass is 32.1. The highest BCUT2D eigenvalue weighted by Gasteiger charge is 2.09. The number of hydrogen-bond acceptors (Lipinski definition) is 4. The van der Waals surface area contributed by atoms with E-state index < -0.39 is 0 Å². The van der Waals surface area contributed by atoms with Crippen LogP contribution < -0.4 is 5.73 Å². The third kappa shape index (κ3) is 2.53. The predicted octanol–water partition coefficient (Wildman–Crippen LogP) is 4.31. The van der Waals surface area contributed by atoms with Crippen LogP contribution >= 0.6 is 11.3 Å². The first-order chi connectivity index (χ1) is 9.80. The zero-order chi connectivity index (χ0) is 13.9. The van der Waals surface area contributed by atoms with E-state index in [0.29, 0.717) is 6.54 Å². The molecule has 3 nitrogen and oxygen atoms in total. The summed E-state index contributed by atoms with van der Waals surface area (Å²) in [6, 6.07) is 12.0. The molecule has 0 radical (unpaired) electrons. The number of fused-ring (bicyclic) bond motifs is 1. The normalized spacial score (nSPS) is 12.2. The quantitative estimate of drug-likeness (QED) is 0.776. The van der Waals surface area contributed by atoms with Crippen molar-refractivity contribution in [3.8, 4) is 10.8 Å². The molecule has 0 aliphatic heterocycles. The number of furan rings is 1. The summed E-state index contributed by atoms with van der Waals surface area (Å²) in [7, 11) is 0. The van der Waals surface area contributed by atoms with E-state index in [1.54, 1.807) is 11.3 Å². The fourth-order valence-electron chi connectivity index (χ4n) is 2.03. The molecule has 3 aromatic rings. The lowest BCUT2D eigenvalue weighted by atomic mass is 10.2. The molecule has 0 saturated heterocycles. The van der Waals surface area contributed by atoms with Gasteiger partial charge >= 0.3 is 0 Å². The number of rotatable bonds is 4. The Kier molecular flexibility index (Phi) is 3.67. The number of hydrogen-bond donors (Lipinski definition) is 1. The molecule has 0 atom stereocenters. The second kappa shape index (κ2) is 5.61. The van der Waals surface area contributed by atoms with E-state index in [-0.39, 0.29) is 0 Å². The minimum absolute atomic E-state index is 0.563. The number of aromatic nitrogens is 1. The summed E-state index contributed by atoms with van der Waals surface area (Å²) in [5, 5.41) is 0.914. The van der Waals surface area contributed by atoms with Crippen molar-refractivity contribution in [2.75, 3.05) is 6.54 Å². The molecule has 1 aromatic carbocycles. The topological polar surface area (TPSA) is 52.0 Å². The Morgan fingerprint density at radius 3 is 2.90 bits per heavy atom. The maximum absolute atomic E-state index is 5.85. The van der Waals surface area contributed by atoms with Crippen LogP contribution in [0, 0.1) is 0 Å². The first-order valence-electron chi connectivity index (χ1n) is 6.65. The number of nitrogens with zero attached hydrogens (tertiary/aromatic N) is 1. The Bertz CT molecular complexity index is 716. The van der Waals surface area contributed by atoms with Gasteiger partial charge in [0.25, 0.3) is 0 Å². The third-order valence-corrected chi connectivity index (χ3v) is 4.25. The third-order valence-electron chi connectivity index (χ3n) is 3.19. The van der Waals surface area contributed by atoms with E-state index in [1.165, 1.54) is 10.3 Å². The molecule has 20 heavy (non-hydrogen) atoms. The largest absolute Gasteiger partial charge is 0.454 e. The highest BCUT2D eigenvalue weighted by Crippen LogP contribution is 2.31. The summed E-state index contributed by atoms with van der Waals surface area (Å²) in [5.41, 5.74) is 7.87. The lowest BCUT2D eigenvalue weighted by Gasteiger charge is -1.97. The summed E-state index contributed by atoms with van der Waals surface area (Å²) in [4.78, 5) is 4.60. The molecule has 4 heteroatoms. The van der Waals surface area contributed by atoms with Gasteiger partial charge in [0.2, 0.25) is 0 Å². The van der Waals surface area contributed by atoms with Crippen LogP contribution in [-0.4, -0.2) is 11.5 Å². The van der Waals surface area contributed by atoms with Gasteiger partial charge < -0.3 is 10.2 Å². The van der Waals surface area contributed by atoms with E-state index in [4.69, 9.17) is 10.2 Å². The van der Waals surface area contributed by atoms with E-state index in [0.717, 1.165) is 28.5 Å². The van der Waals surface area contributed by atoms with Crippen molar-refractivity contribution in [3.63, 3.8) is 0 Å². The Morgan fingerprint density at radius 2 is 2.15 bits per heavy atom. The molecule has 102 valence electrons. The molecule has 2 heterocycles. The molecular weight excluding hydrogens is 268 g/mol. The van der Waals surface area contributed by atoms with E-state index in [1.807, 2.05) is 36.4 Å². The summed E-state index contributed by atoms with van der Waals surface area (Å²) >= 11 is 1.64. The zero-order valence-corrected chi connectivity index (χ0v) is 12.1. The lowest BCUT2D eigenvalue weighted by Crippen LogP contribution is -2.01. The van der Waals surface area contributed by atoms with Crippen molar-refractivity contribution >= 4 is 27.6 Å². The lowest BCUT2D eigenvalue weighted by molar-refractivity contribution is 0.570. The van der Waals surface area contributed by atoms with Crippen LogP contribution in [0.3, 0.4) is 0 Å². The van der Waals surface area contributed by atoms with Crippen LogP contribution in [0.4, 0.5) is 0 Å². The average Bonchev–Trinajstić information content (AvgIpc) is 3.10. The van der Waals surface area contributed by atoms with Gasteiger partial charge in [0.05, 0.1) is 10.2 Å². The average molecular weight is 284 g/mol. The van der Waals surface area contributed by atoms with Gasteiger partial charge in [-0.2, -0.15) is 0 Å². The minimum atomic E-state index is 0.563. The van der Waals surface area contributed by atoms with E-state index in [9.17, 15) is 0 Å². The van der Waals surface area contributed by atoms with Gasteiger partial charge in [0, 0.05) is 6.54 Å². The molecule has 0 amide bonds. The highest BCUT2D eigenvalue weighted by molar-refractivity contribution is 7.21. The van der Waals surface area contributed by atoms with Crippen LogP contribution in [0.25, 0.3) is 27.1 Å². The second-order valence-corrected chi connectivity index (χ2v) is 5.58. The van der Waals surface area contributed by atoms with Gasteiger partial charge in [-0.3, -0.25) is 0 Å².